The molecule has 1 aliphatic rings. The van der Waals surface area contributed by atoms with Crippen LogP contribution in [0, 0.1) is 11.3 Å². The lowest BCUT2D eigenvalue weighted by molar-refractivity contribution is 0.424. The summed E-state index contributed by atoms with van der Waals surface area (Å²) in [5.74, 6) is 0.844. The van der Waals surface area contributed by atoms with Crippen molar-refractivity contribution in [3.8, 4) is 0 Å². The van der Waals surface area contributed by atoms with E-state index >= 15 is 0 Å². The molecule has 0 heterocycles. The van der Waals surface area contributed by atoms with Crippen molar-refractivity contribution in [2.24, 2.45) is 11.3 Å². The van der Waals surface area contributed by atoms with Crippen LogP contribution in [0.25, 0.3) is 0 Å². The van der Waals surface area contributed by atoms with Crippen LogP contribution < -0.4 is 5.32 Å². The molecule has 1 heteroatoms. The van der Waals surface area contributed by atoms with Crippen molar-refractivity contribution in [2.75, 3.05) is 0 Å². The zero-order valence-electron chi connectivity index (χ0n) is 9.85. The molecule has 0 aromatic heterocycles. The molecule has 1 aliphatic carbocycles. The molecule has 0 saturated heterocycles. The van der Waals surface area contributed by atoms with Crippen molar-refractivity contribution in [1.29, 1.82) is 0 Å². The summed E-state index contributed by atoms with van der Waals surface area (Å²) in [7, 11) is 0. The third-order valence-corrected chi connectivity index (χ3v) is 3.18. The first-order valence-electron chi connectivity index (χ1n) is 5.68. The predicted octanol–water partition coefficient (Wildman–Crippen LogP) is 3.20. The van der Waals surface area contributed by atoms with Crippen LogP contribution in [0.2, 0.25) is 0 Å². The lowest BCUT2D eigenvalue weighted by Gasteiger charge is -2.16. The van der Waals surface area contributed by atoms with Crippen LogP contribution >= 0.6 is 0 Å². The molecule has 2 atom stereocenters. The molecule has 0 bridgehead atoms. The summed E-state index contributed by atoms with van der Waals surface area (Å²) in [5.41, 5.74) is 0.575. The van der Waals surface area contributed by atoms with Crippen LogP contribution in [0.1, 0.15) is 53.9 Å². The highest BCUT2D eigenvalue weighted by Crippen LogP contribution is 2.44. The Morgan fingerprint density at radius 2 is 1.77 bits per heavy atom. The van der Waals surface area contributed by atoms with Crippen molar-refractivity contribution < 1.29 is 0 Å². The monoisotopic (exact) mass is 183 g/mol. The lowest BCUT2D eigenvalue weighted by Crippen LogP contribution is -2.30. The molecule has 0 aliphatic heterocycles. The maximum absolute atomic E-state index is 3.70. The van der Waals surface area contributed by atoms with E-state index in [1.807, 2.05) is 0 Å². The Morgan fingerprint density at radius 1 is 1.23 bits per heavy atom. The average Bonchev–Trinajstić information content (AvgIpc) is 2.54. The summed E-state index contributed by atoms with van der Waals surface area (Å²) in [4.78, 5) is 0. The van der Waals surface area contributed by atoms with E-state index in [-0.39, 0.29) is 0 Å². The van der Waals surface area contributed by atoms with Gasteiger partial charge >= 0.3 is 0 Å². The van der Waals surface area contributed by atoms with Gasteiger partial charge in [0.15, 0.2) is 0 Å². The molecule has 1 saturated carbocycles. The summed E-state index contributed by atoms with van der Waals surface area (Å²) in [6.07, 6.45) is 4.03. The summed E-state index contributed by atoms with van der Waals surface area (Å²) >= 11 is 0. The Balaban J connectivity index is 2.09. The Morgan fingerprint density at radius 3 is 2.15 bits per heavy atom. The maximum atomic E-state index is 3.70. The normalized spacial score (nSPS) is 27.7. The van der Waals surface area contributed by atoms with Gasteiger partial charge in [-0.15, -0.1) is 0 Å². The molecule has 0 spiro atoms. The van der Waals surface area contributed by atoms with Gasteiger partial charge in [0.2, 0.25) is 0 Å². The smallest absolute Gasteiger partial charge is 0.0127 e. The van der Waals surface area contributed by atoms with Crippen LogP contribution in [0.4, 0.5) is 0 Å². The fraction of sp³-hybridized carbons (Fsp3) is 1.00. The highest BCUT2D eigenvalue weighted by Gasteiger charge is 2.45. The van der Waals surface area contributed by atoms with E-state index in [0.29, 0.717) is 11.5 Å². The van der Waals surface area contributed by atoms with E-state index in [9.17, 15) is 0 Å². The zero-order valence-corrected chi connectivity index (χ0v) is 9.85. The minimum atomic E-state index is 0.575. The molecule has 13 heavy (non-hydrogen) atoms. The molecule has 0 amide bonds. The molecule has 1 nitrogen and oxygen atoms in total. The second kappa shape index (κ2) is 4.00. The number of hydrogen-bond donors (Lipinski definition) is 1. The van der Waals surface area contributed by atoms with Gasteiger partial charge in [0, 0.05) is 12.1 Å². The van der Waals surface area contributed by atoms with Gasteiger partial charge in [0.05, 0.1) is 0 Å². The molecular formula is C12H25N. The Bertz CT molecular complexity index is 161. The van der Waals surface area contributed by atoms with E-state index in [1.54, 1.807) is 0 Å². The molecule has 2 unspecified atom stereocenters. The van der Waals surface area contributed by atoms with Crippen molar-refractivity contribution in [3.05, 3.63) is 0 Å². The molecule has 0 aromatic rings. The van der Waals surface area contributed by atoms with Crippen LogP contribution in [-0.2, 0) is 0 Å². The van der Waals surface area contributed by atoms with Gasteiger partial charge in [0.25, 0.3) is 0 Å². The zero-order chi connectivity index (χ0) is 10.1. The van der Waals surface area contributed by atoms with E-state index in [2.05, 4.69) is 39.9 Å². The topological polar surface area (TPSA) is 12.0 Å². The van der Waals surface area contributed by atoms with Gasteiger partial charge in [-0.2, -0.15) is 0 Å². The first kappa shape index (κ1) is 11.0. The minimum absolute atomic E-state index is 0.575. The predicted molar refractivity (Wildman–Crippen MR) is 58.9 cm³/mol. The Hall–Kier alpha value is -0.0400. The molecule has 0 radical (unpaired) electrons. The first-order valence-corrected chi connectivity index (χ1v) is 5.68. The number of hydrogen-bond acceptors (Lipinski definition) is 1. The fourth-order valence-corrected chi connectivity index (χ4v) is 1.76. The molecular weight excluding hydrogens is 158 g/mol. The summed E-state index contributed by atoms with van der Waals surface area (Å²) in [6.45, 7) is 11.6. The average molecular weight is 183 g/mol. The van der Waals surface area contributed by atoms with Gasteiger partial charge < -0.3 is 5.32 Å². The van der Waals surface area contributed by atoms with Crippen molar-refractivity contribution in [3.63, 3.8) is 0 Å². The van der Waals surface area contributed by atoms with Crippen molar-refractivity contribution in [2.45, 2.75) is 66.0 Å². The number of rotatable bonds is 5. The number of nitrogens with one attached hydrogen (secondary N) is 1. The molecule has 1 fully saturated rings. The highest BCUT2D eigenvalue weighted by molar-refractivity contribution is 5.02. The van der Waals surface area contributed by atoms with Crippen LogP contribution in [0.15, 0.2) is 0 Å². The second-order valence-electron chi connectivity index (χ2n) is 5.78. The van der Waals surface area contributed by atoms with Gasteiger partial charge in [-0.05, 0) is 37.5 Å². The van der Waals surface area contributed by atoms with Gasteiger partial charge in [0.1, 0.15) is 0 Å². The van der Waals surface area contributed by atoms with Crippen molar-refractivity contribution in [1.82, 2.24) is 5.32 Å². The summed E-state index contributed by atoms with van der Waals surface area (Å²) in [5, 5.41) is 3.70. The Labute approximate surface area is 83.3 Å². The minimum Gasteiger partial charge on any atom is -0.311 e. The molecule has 0 aromatic carbocycles. The second-order valence-corrected chi connectivity index (χ2v) is 5.78. The molecule has 78 valence electrons. The largest absolute Gasteiger partial charge is 0.311 e. The quantitative estimate of drug-likeness (QED) is 0.690. The van der Waals surface area contributed by atoms with Crippen LogP contribution in [0.3, 0.4) is 0 Å². The van der Waals surface area contributed by atoms with Crippen LogP contribution in [0.5, 0.6) is 0 Å². The van der Waals surface area contributed by atoms with Gasteiger partial charge in [-0.3, -0.25) is 0 Å². The van der Waals surface area contributed by atoms with Gasteiger partial charge in [-0.1, -0.05) is 27.7 Å². The first-order chi connectivity index (χ1) is 5.92. The van der Waals surface area contributed by atoms with E-state index < -0.39 is 0 Å². The van der Waals surface area contributed by atoms with E-state index in [0.717, 1.165) is 12.0 Å². The van der Waals surface area contributed by atoms with Crippen molar-refractivity contribution >= 4 is 0 Å². The molecule has 1 rings (SSSR count). The third kappa shape index (κ3) is 3.68. The third-order valence-electron chi connectivity index (χ3n) is 3.18. The lowest BCUT2D eigenvalue weighted by atomic mass is 10.0. The van der Waals surface area contributed by atoms with E-state index in [4.69, 9.17) is 0 Å². The van der Waals surface area contributed by atoms with Gasteiger partial charge in [-0.25, -0.2) is 0 Å². The van der Waals surface area contributed by atoms with E-state index in [1.165, 1.54) is 19.3 Å². The highest BCUT2D eigenvalue weighted by atomic mass is 15.0. The standard InChI is InChI=1S/C12H25N/c1-9(2)6-7-10(3)13-11-8-12(11,4)5/h9-11,13H,6-8H2,1-5H3. The Kier molecular flexibility index (Phi) is 3.39. The summed E-state index contributed by atoms with van der Waals surface area (Å²) < 4.78 is 0. The van der Waals surface area contributed by atoms with Crippen LogP contribution in [-0.4, -0.2) is 12.1 Å². The fourth-order valence-electron chi connectivity index (χ4n) is 1.76. The maximum Gasteiger partial charge on any atom is 0.0127 e. The molecule has 1 N–H and O–H groups in total. The SMILES string of the molecule is CC(C)CCC(C)NC1CC1(C)C. The summed E-state index contributed by atoms with van der Waals surface area (Å²) in [6, 6.07) is 1.49.